The van der Waals surface area contributed by atoms with Gasteiger partial charge in [0.05, 0.1) is 6.04 Å². The molecule has 1 atom stereocenters. The van der Waals surface area contributed by atoms with Crippen molar-refractivity contribution in [1.82, 2.24) is 15.2 Å². The number of thiazole rings is 1. The Morgan fingerprint density at radius 2 is 2.18 bits per heavy atom. The van der Waals surface area contributed by atoms with Gasteiger partial charge in [-0.15, -0.1) is 11.3 Å². The van der Waals surface area contributed by atoms with Crippen molar-refractivity contribution < 1.29 is 4.79 Å². The van der Waals surface area contributed by atoms with E-state index in [4.69, 9.17) is 17.3 Å². The number of benzene rings is 1. The van der Waals surface area contributed by atoms with Crippen molar-refractivity contribution in [1.29, 1.82) is 0 Å². The minimum absolute atomic E-state index is 0.112. The van der Waals surface area contributed by atoms with Gasteiger partial charge >= 0.3 is 0 Å². The first-order chi connectivity index (χ1) is 10.5. The molecule has 1 unspecified atom stereocenters. The molecular weight excluding hydrogens is 320 g/mol. The van der Waals surface area contributed by atoms with E-state index in [1.807, 2.05) is 38.4 Å². The molecule has 2 rings (SSSR count). The minimum atomic E-state index is -0.512. The Labute approximate surface area is 139 Å². The van der Waals surface area contributed by atoms with Gasteiger partial charge < -0.3 is 16.0 Å². The Kier molecular flexibility index (Phi) is 5.90. The van der Waals surface area contributed by atoms with Crippen LogP contribution in [0.3, 0.4) is 0 Å². The summed E-state index contributed by atoms with van der Waals surface area (Å²) in [7, 11) is 4.04. The molecule has 22 heavy (non-hydrogen) atoms. The molecule has 0 fully saturated rings. The van der Waals surface area contributed by atoms with Crippen LogP contribution in [0.2, 0.25) is 5.02 Å². The van der Waals surface area contributed by atoms with Crippen molar-refractivity contribution in [2.45, 2.75) is 6.04 Å². The summed E-state index contributed by atoms with van der Waals surface area (Å²) < 4.78 is 0. The highest BCUT2D eigenvalue weighted by atomic mass is 35.5. The zero-order chi connectivity index (χ0) is 16.1. The number of rotatable bonds is 7. The van der Waals surface area contributed by atoms with E-state index in [-0.39, 0.29) is 6.04 Å². The van der Waals surface area contributed by atoms with Gasteiger partial charge in [0, 0.05) is 29.2 Å². The number of amides is 1. The van der Waals surface area contributed by atoms with E-state index in [2.05, 4.69) is 15.2 Å². The lowest BCUT2D eigenvalue weighted by Gasteiger charge is -2.20. The van der Waals surface area contributed by atoms with Crippen molar-refractivity contribution >= 4 is 28.8 Å². The largest absolute Gasteiger partial charge is 0.364 e. The number of hydrogen-bond acceptors (Lipinski definition) is 5. The van der Waals surface area contributed by atoms with Gasteiger partial charge in [-0.25, -0.2) is 4.98 Å². The molecule has 3 N–H and O–H groups in total. The number of hydrogen-bond donors (Lipinski definition) is 2. The molecular formula is C15H19ClN4OS. The molecule has 7 heteroatoms. The predicted molar refractivity (Wildman–Crippen MR) is 90.5 cm³/mol. The van der Waals surface area contributed by atoms with Crippen LogP contribution in [0.25, 0.3) is 0 Å². The molecule has 1 aromatic heterocycles. The second-order valence-corrected chi connectivity index (χ2v) is 6.61. The molecule has 118 valence electrons. The van der Waals surface area contributed by atoms with Crippen molar-refractivity contribution in [3.8, 4) is 0 Å². The zero-order valence-corrected chi connectivity index (χ0v) is 14.1. The Hall–Kier alpha value is -1.47. The van der Waals surface area contributed by atoms with Gasteiger partial charge in [-0.05, 0) is 25.7 Å². The molecule has 0 bridgehead atoms. The fraction of sp³-hybridized carbons (Fsp3) is 0.333. The number of halogens is 1. The fourth-order valence-electron chi connectivity index (χ4n) is 2.04. The number of primary amides is 1. The first kappa shape index (κ1) is 16.9. The van der Waals surface area contributed by atoms with Crippen molar-refractivity contribution in [3.05, 3.63) is 50.9 Å². The van der Waals surface area contributed by atoms with Crippen molar-refractivity contribution in [3.63, 3.8) is 0 Å². The summed E-state index contributed by atoms with van der Waals surface area (Å²) in [5, 5.41) is 4.46. The molecule has 0 saturated carbocycles. The summed E-state index contributed by atoms with van der Waals surface area (Å²) in [5.74, 6) is -0.512. The normalized spacial score (nSPS) is 12.5. The quantitative estimate of drug-likeness (QED) is 0.811. The summed E-state index contributed by atoms with van der Waals surface area (Å²) in [6.07, 6.45) is 1.68. The first-order valence-electron chi connectivity index (χ1n) is 6.87. The molecule has 2 aromatic rings. The van der Waals surface area contributed by atoms with E-state index in [0.717, 1.165) is 23.5 Å². The lowest BCUT2D eigenvalue weighted by atomic mass is 10.1. The average Bonchev–Trinajstić information content (AvgIpc) is 2.94. The molecule has 0 aliphatic rings. The van der Waals surface area contributed by atoms with Gasteiger partial charge in [0.15, 0.2) is 5.01 Å². The second kappa shape index (κ2) is 7.69. The third kappa shape index (κ3) is 4.27. The SMILES string of the molecule is CN(C)CCNC(c1cnc(C(N)=O)s1)c1ccccc1Cl. The van der Waals surface area contributed by atoms with E-state index < -0.39 is 5.91 Å². The van der Waals surface area contributed by atoms with E-state index >= 15 is 0 Å². The molecule has 0 saturated heterocycles. The van der Waals surface area contributed by atoms with Crippen LogP contribution < -0.4 is 11.1 Å². The Morgan fingerprint density at radius 3 is 2.77 bits per heavy atom. The zero-order valence-electron chi connectivity index (χ0n) is 12.5. The fourth-order valence-corrected chi connectivity index (χ4v) is 3.15. The smallest absolute Gasteiger partial charge is 0.277 e. The molecule has 5 nitrogen and oxygen atoms in total. The van der Waals surface area contributed by atoms with Gasteiger partial charge in [0.25, 0.3) is 5.91 Å². The monoisotopic (exact) mass is 338 g/mol. The highest BCUT2D eigenvalue weighted by Crippen LogP contribution is 2.31. The molecule has 0 spiro atoms. The maximum absolute atomic E-state index is 11.3. The number of nitrogens with two attached hydrogens (primary N) is 1. The van der Waals surface area contributed by atoms with Crippen molar-refractivity contribution in [2.24, 2.45) is 5.73 Å². The van der Waals surface area contributed by atoms with Crippen LogP contribution in [0.5, 0.6) is 0 Å². The van der Waals surface area contributed by atoms with Gasteiger partial charge in [0.1, 0.15) is 0 Å². The van der Waals surface area contributed by atoms with Gasteiger partial charge in [-0.2, -0.15) is 0 Å². The predicted octanol–water partition coefficient (Wildman–Crippen LogP) is 2.14. The summed E-state index contributed by atoms with van der Waals surface area (Å²) in [6, 6.07) is 7.55. The first-order valence-corrected chi connectivity index (χ1v) is 8.06. The highest BCUT2D eigenvalue weighted by Gasteiger charge is 2.20. The minimum Gasteiger partial charge on any atom is -0.364 e. The van der Waals surface area contributed by atoms with Crippen LogP contribution in [-0.4, -0.2) is 43.0 Å². The van der Waals surface area contributed by atoms with Crippen LogP contribution in [0.4, 0.5) is 0 Å². The van der Waals surface area contributed by atoms with Crippen LogP contribution in [0, 0.1) is 0 Å². The standard InChI is InChI=1S/C15H19ClN4OS/c1-20(2)8-7-18-13(10-5-3-4-6-11(10)16)12-9-19-15(22-12)14(17)21/h3-6,9,13,18H,7-8H2,1-2H3,(H2,17,21). The van der Waals surface area contributed by atoms with Gasteiger partial charge in [-0.3, -0.25) is 4.79 Å². The average molecular weight is 339 g/mol. The van der Waals surface area contributed by atoms with Crippen molar-refractivity contribution in [2.75, 3.05) is 27.2 Å². The third-order valence-electron chi connectivity index (χ3n) is 3.14. The van der Waals surface area contributed by atoms with Crippen LogP contribution >= 0.6 is 22.9 Å². The van der Waals surface area contributed by atoms with Gasteiger partial charge in [-0.1, -0.05) is 29.8 Å². The molecule has 0 aliphatic carbocycles. The van der Waals surface area contributed by atoms with Crippen LogP contribution in [0.15, 0.2) is 30.5 Å². The topological polar surface area (TPSA) is 71.2 Å². The number of nitrogens with zero attached hydrogens (tertiary/aromatic N) is 2. The maximum Gasteiger partial charge on any atom is 0.277 e. The number of nitrogens with one attached hydrogen (secondary N) is 1. The van der Waals surface area contributed by atoms with E-state index in [0.29, 0.717) is 10.0 Å². The lowest BCUT2D eigenvalue weighted by molar-refractivity contribution is 0.1000. The Bertz CT molecular complexity index is 644. The Balaban J connectivity index is 2.28. The second-order valence-electron chi connectivity index (χ2n) is 5.14. The molecule has 0 aliphatic heterocycles. The summed E-state index contributed by atoms with van der Waals surface area (Å²) in [5.41, 5.74) is 6.25. The van der Waals surface area contributed by atoms with Crippen LogP contribution in [0.1, 0.15) is 26.3 Å². The van der Waals surface area contributed by atoms with E-state index in [9.17, 15) is 4.79 Å². The Morgan fingerprint density at radius 1 is 1.45 bits per heavy atom. The number of aromatic nitrogens is 1. The van der Waals surface area contributed by atoms with E-state index in [1.54, 1.807) is 6.20 Å². The number of likely N-dealkylation sites (N-methyl/N-ethyl adjacent to an activating group) is 1. The molecule has 1 amide bonds. The van der Waals surface area contributed by atoms with Crippen LogP contribution in [-0.2, 0) is 0 Å². The number of carbonyl (C=O) groups excluding carboxylic acids is 1. The van der Waals surface area contributed by atoms with E-state index in [1.165, 1.54) is 11.3 Å². The third-order valence-corrected chi connectivity index (χ3v) is 4.56. The molecule has 1 aromatic carbocycles. The lowest BCUT2D eigenvalue weighted by Crippen LogP contribution is -2.30. The summed E-state index contributed by atoms with van der Waals surface area (Å²) in [6.45, 7) is 1.68. The summed E-state index contributed by atoms with van der Waals surface area (Å²) >= 11 is 7.61. The highest BCUT2D eigenvalue weighted by molar-refractivity contribution is 7.13. The number of carbonyl (C=O) groups is 1. The van der Waals surface area contributed by atoms with Gasteiger partial charge in [0.2, 0.25) is 0 Å². The maximum atomic E-state index is 11.3. The molecule has 0 radical (unpaired) electrons. The summed E-state index contributed by atoms with van der Waals surface area (Å²) in [4.78, 5) is 18.4. The molecule has 1 heterocycles.